The molecule has 0 amide bonds. The van der Waals surface area contributed by atoms with E-state index in [0.717, 1.165) is 5.56 Å². The zero-order chi connectivity index (χ0) is 17.5. The van der Waals surface area contributed by atoms with Crippen molar-refractivity contribution in [2.45, 2.75) is 13.8 Å². The molecule has 0 spiro atoms. The van der Waals surface area contributed by atoms with E-state index < -0.39 is 0 Å². The maximum Gasteiger partial charge on any atom is 0.185 e. The number of phenolic OH excluding ortho intramolecular Hbond substituents is 1. The van der Waals surface area contributed by atoms with Crippen LogP contribution in [0.5, 0.6) is 17.2 Å². The van der Waals surface area contributed by atoms with Gasteiger partial charge in [-0.2, -0.15) is 0 Å². The summed E-state index contributed by atoms with van der Waals surface area (Å²) in [6, 6.07) is 11.7. The summed E-state index contributed by atoms with van der Waals surface area (Å²) in [6.07, 6.45) is 3.22. The van der Waals surface area contributed by atoms with Gasteiger partial charge in [-0.1, -0.05) is 26.0 Å². The van der Waals surface area contributed by atoms with E-state index in [9.17, 15) is 9.90 Å². The second-order valence-corrected chi connectivity index (χ2v) is 5.86. The number of hydrogen-bond donors (Lipinski definition) is 1. The summed E-state index contributed by atoms with van der Waals surface area (Å²) in [5, 5.41) is 9.25. The number of rotatable bonds is 7. The lowest BCUT2D eigenvalue weighted by Gasteiger charge is -2.12. The summed E-state index contributed by atoms with van der Waals surface area (Å²) in [5.74, 6) is 1.76. The standard InChI is InChI=1S/C20H22O4/c1-14(2)13-24-19-11-5-15(12-20(19)23-3)4-10-18(22)16-6-8-17(21)9-7-16/h4-12,14,21H,13H2,1-3H3/b10-4+. The minimum Gasteiger partial charge on any atom is -0.508 e. The monoisotopic (exact) mass is 326 g/mol. The molecule has 0 aromatic heterocycles. The van der Waals surface area contributed by atoms with E-state index in [2.05, 4.69) is 13.8 Å². The second kappa shape index (κ2) is 8.20. The zero-order valence-electron chi connectivity index (χ0n) is 14.2. The number of carbonyl (C=O) groups excluding carboxylic acids is 1. The summed E-state index contributed by atoms with van der Waals surface area (Å²) in [5.41, 5.74) is 1.36. The number of aromatic hydroxyl groups is 1. The van der Waals surface area contributed by atoms with Gasteiger partial charge in [0.2, 0.25) is 0 Å². The Kier molecular flexibility index (Phi) is 6.01. The van der Waals surface area contributed by atoms with Crippen molar-refractivity contribution in [3.05, 3.63) is 59.7 Å². The third-order valence-corrected chi connectivity index (χ3v) is 3.34. The molecule has 1 N–H and O–H groups in total. The Morgan fingerprint density at radius 3 is 2.46 bits per heavy atom. The molecule has 0 radical (unpaired) electrons. The van der Waals surface area contributed by atoms with E-state index in [1.165, 1.54) is 18.2 Å². The van der Waals surface area contributed by atoms with E-state index in [1.54, 1.807) is 25.3 Å². The first-order chi connectivity index (χ1) is 11.5. The van der Waals surface area contributed by atoms with Gasteiger partial charge in [-0.25, -0.2) is 0 Å². The molecule has 4 nitrogen and oxygen atoms in total. The van der Waals surface area contributed by atoms with Crippen LogP contribution < -0.4 is 9.47 Å². The predicted molar refractivity (Wildman–Crippen MR) is 94.8 cm³/mol. The Balaban J connectivity index is 2.11. The SMILES string of the molecule is COc1cc(/C=C/C(=O)c2ccc(O)cc2)ccc1OCC(C)C. The Labute approximate surface area is 142 Å². The van der Waals surface area contributed by atoms with Crippen LogP contribution in [0.1, 0.15) is 29.8 Å². The molecule has 0 saturated carbocycles. The number of phenols is 1. The van der Waals surface area contributed by atoms with Crippen molar-refractivity contribution in [2.75, 3.05) is 13.7 Å². The first-order valence-corrected chi connectivity index (χ1v) is 7.82. The van der Waals surface area contributed by atoms with Gasteiger partial charge in [-0.05, 0) is 54.0 Å². The molecule has 126 valence electrons. The van der Waals surface area contributed by atoms with Crippen LogP contribution in [0.2, 0.25) is 0 Å². The lowest BCUT2D eigenvalue weighted by molar-refractivity contribution is 0.104. The van der Waals surface area contributed by atoms with Crippen molar-refractivity contribution >= 4 is 11.9 Å². The Hall–Kier alpha value is -2.75. The van der Waals surface area contributed by atoms with Gasteiger partial charge < -0.3 is 14.6 Å². The molecule has 2 aromatic carbocycles. The number of ketones is 1. The molecule has 0 aliphatic heterocycles. The maximum atomic E-state index is 12.1. The smallest absolute Gasteiger partial charge is 0.185 e. The summed E-state index contributed by atoms with van der Waals surface area (Å²) in [4.78, 5) is 12.1. The Morgan fingerprint density at radius 1 is 1.12 bits per heavy atom. The number of benzene rings is 2. The van der Waals surface area contributed by atoms with Gasteiger partial charge in [-0.3, -0.25) is 4.79 Å². The summed E-state index contributed by atoms with van der Waals surface area (Å²) >= 11 is 0. The molecule has 0 unspecified atom stereocenters. The highest BCUT2D eigenvalue weighted by Gasteiger charge is 2.06. The molecule has 0 aliphatic carbocycles. The van der Waals surface area contributed by atoms with Gasteiger partial charge in [0.15, 0.2) is 17.3 Å². The van der Waals surface area contributed by atoms with Crippen molar-refractivity contribution in [3.63, 3.8) is 0 Å². The molecule has 0 atom stereocenters. The average molecular weight is 326 g/mol. The lowest BCUT2D eigenvalue weighted by atomic mass is 10.1. The van der Waals surface area contributed by atoms with E-state index in [-0.39, 0.29) is 11.5 Å². The van der Waals surface area contributed by atoms with Crippen LogP contribution in [0, 0.1) is 5.92 Å². The maximum absolute atomic E-state index is 12.1. The van der Waals surface area contributed by atoms with Gasteiger partial charge >= 0.3 is 0 Å². The first-order valence-electron chi connectivity index (χ1n) is 7.82. The number of ether oxygens (including phenoxy) is 2. The number of carbonyl (C=O) groups is 1. The second-order valence-electron chi connectivity index (χ2n) is 5.86. The van der Waals surface area contributed by atoms with Crippen LogP contribution in [0.15, 0.2) is 48.5 Å². The quantitative estimate of drug-likeness (QED) is 0.608. The van der Waals surface area contributed by atoms with E-state index in [1.807, 2.05) is 18.2 Å². The van der Waals surface area contributed by atoms with Crippen molar-refractivity contribution in [1.29, 1.82) is 0 Å². The Bertz CT molecular complexity index is 715. The highest BCUT2D eigenvalue weighted by atomic mass is 16.5. The average Bonchev–Trinajstić information content (AvgIpc) is 2.58. The van der Waals surface area contributed by atoms with Crippen molar-refractivity contribution in [1.82, 2.24) is 0 Å². The van der Waals surface area contributed by atoms with Gasteiger partial charge in [0, 0.05) is 5.56 Å². The molecule has 2 aromatic rings. The molecule has 24 heavy (non-hydrogen) atoms. The largest absolute Gasteiger partial charge is 0.508 e. The zero-order valence-corrected chi connectivity index (χ0v) is 14.2. The number of hydrogen-bond acceptors (Lipinski definition) is 4. The molecule has 0 aliphatic rings. The third kappa shape index (κ3) is 4.88. The van der Waals surface area contributed by atoms with Crippen LogP contribution in [0.3, 0.4) is 0 Å². The molecule has 2 rings (SSSR count). The number of allylic oxidation sites excluding steroid dienone is 1. The van der Waals surface area contributed by atoms with Gasteiger partial charge in [-0.15, -0.1) is 0 Å². The fraction of sp³-hybridized carbons (Fsp3) is 0.250. The van der Waals surface area contributed by atoms with Crippen LogP contribution >= 0.6 is 0 Å². The van der Waals surface area contributed by atoms with Gasteiger partial charge in [0.05, 0.1) is 13.7 Å². The van der Waals surface area contributed by atoms with E-state index >= 15 is 0 Å². The predicted octanol–water partition coefficient (Wildman–Crippen LogP) is 4.33. The van der Waals surface area contributed by atoms with Crippen LogP contribution in [-0.4, -0.2) is 24.6 Å². The van der Waals surface area contributed by atoms with Crippen molar-refractivity contribution in [3.8, 4) is 17.2 Å². The summed E-state index contributed by atoms with van der Waals surface area (Å²) in [6.45, 7) is 4.78. The molecule has 0 saturated heterocycles. The van der Waals surface area contributed by atoms with Crippen LogP contribution in [0.25, 0.3) is 6.08 Å². The minimum absolute atomic E-state index is 0.130. The fourth-order valence-electron chi connectivity index (χ4n) is 2.06. The number of methoxy groups -OCH3 is 1. The van der Waals surface area contributed by atoms with Crippen LogP contribution in [0.4, 0.5) is 0 Å². The highest BCUT2D eigenvalue weighted by molar-refractivity contribution is 6.06. The summed E-state index contributed by atoms with van der Waals surface area (Å²) in [7, 11) is 1.59. The minimum atomic E-state index is -0.130. The van der Waals surface area contributed by atoms with Crippen LogP contribution in [-0.2, 0) is 0 Å². The normalized spacial score (nSPS) is 11.0. The highest BCUT2D eigenvalue weighted by Crippen LogP contribution is 2.29. The molecular weight excluding hydrogens is 304 g/mol. The van der Waals surface area contributed by atoms with E-state index in [0.29, 0.717) is 29.6 Å². The molecule has 0 fully saturated rings. The van der Waals surface area contributed by atoms with E-state index in [4.69, 9.17) is 9.47 Å². The van der Waals surface area contributed by atoms with Crippen molar-refractivity contribution in [2.24, 2.45) is 5.92 Å². The van der Waals surface area contributed by atoms with Gasteiger partial charge in [0.1, 0.15) is 5.75 Å². The first kappa shape index (κ1) is 17.6. The fourth-order valence-corrected chi connectivity index (χ4v) is 2.06. The third-order valence-electron chi connectivity index (χ3n) is 3.34. The Morgan fingerprint density at radius 2 is 1.83 bits per heavy atom. The summed E-state index contributed by atoms with van der Waals surface area (Å²) < 4.78 is 11.1. The van der Waals surface area contributed by atoms with Gasteiger partial charge in [0.25, 0.3) is 0 Å². The lowest BCUT2D eigenvalue weighted by Crippen LogP contribution is -2.05. The molecule has 4 heteroatoms. The topological polar surface area (TPSA) is 55.8 Å². The van der Waals surface area contributed by atoms with Crippen molar-refractivity contribution < 1.29 is 19.4 Å². The molecule has 0 bridgehead atoms. The molecule has 0 heterocycles. The molecular formula is C20H22O4.